The molecule has 0 bridgehead atoms. The van der Waals surface area contributed by atoms with Crippen molar-refractivity contribution in [1.82, 2.24) is 4.98 Å². The van der Waals surface area contributed by atoms with Gasteiger partial charge in [-0.05, 0) is 18.4 Å². The molecule has 1 N–H and O–H groups in total. The summed E-state index contributed by atoms with van der Waals surface area (Å²) in [6, 6.07) is 1.10. The molecule has 0 saturated heterocycles. The number of rotatable bonds is 5. The molecule has 0 saturated carbocycles. The third kappa shape index (κ3) is 3.18. The average molecular weight is 227 g/mol. The van der Waals surface area contributed by atoms with Crippen molar-refractivity contribution in [2.45, 2.75) is 20.3 Å². The Balaban J connectivity index is 2.73. The minimum absolute atomic E-state index is 0.249. The van der Waals surface area contributed by atoms with E-state index in [1.165, 1.54) is 6.20 Å². The number of hydrogen-bond donors (Lipinski definition) is 1. The van der Waals surface area contributed by atoms with Crippen molar-refractivity contribution in [2.75, 3.05) is 6.61 Å². The lowest BCUT2D eigenvalue weighted by Crippen LogP contribution is -2.08. The zero-order valence-electron chi connectivity index (χ0n) is 9.24. The monoisotopic (exact) mass is 227 g/mol. The van der Waals surface area contributed by atoms with Gasteiger partial charge in [-0.3, -0.25) is 0 Å². The molecule has 1 aromatic heterocycles. The summed E-state index contributed by atoms with van der Waals surface area (Å²) in [7, 11) is 0. The van der Waals surface area contributed by atoms with E-state index in [2.05, 4.69) is 4.98 Å². The van der Waals surface area contributed by atoms with Crippen molar-refractivity contribution in [3.63, 3.8) is 0 Å². The van der Waals surface area contributed by atoms with Gasteiger partial charge < -0.3 is 9.84 Å². The van der Waals surface area contributed by atoms with E-state index in [1.807, 2.05) is 13.8 Å². The standard InChI is InChI=1S/C11H14FNO3/c1-7(2)4-6-16-10-9(12)8(11(14)15)3-5-13-10/h3,5,7H,4,6H2,1-2H3,(H,14,15). The maximum Gasteiger partial charge on any atom is 0.338 e. The third-order valence-corrected chi connectivity index (χ3v) is 2.02. The van der Waals surface area contributed by atoms with Crippen LogP contribution in [0.1, 0.15) is 30.6 Å². The van der Waals surface area contributed by atoms with Gasteiger partial charge in [-0.25, -0.2) is 14.2 Å². The molecular weight excluding hydrogens is 213 g/mol. The minimum Gasteiger partial charge on any atom is -0.478 e. The molecule has 1 heterocycles. The summed E-state index contributed by atoms with van der Waals surface area (Å²) in [5, 5.41) is 8.68. The second-order valence-electron chi connectivity index (χ2n) is 3.81. The molecule has 16 heavy (non-hydrogen) atoms. The van der Waals surface area contributed by atoms with Gasteiger partial charge >= 0.3 is 5.97 Å². The fourth-order valence-corrected chi connectivity index (χ4v) is 1.08. The topological polar surface area (TPSA) is 59.4 Å². The highest BCUT2D eigenvalue weighted by atomic mass is 19.1. The number of carboxylic acid groups (broad SMARTS) is 1. The van der Waals surface area contributed by atoms with E-state index < -0.39 is 17.3 Å². The molecular formula is C11H14FNO3. The average Bonchev–Trinajstić information content (AvgIpc) is 2.19. The third-order valence-electron chi connectivity index (χ3n) is 2.02. The van der Waals surface area contributed by atoms with Crippen molar-refractivity contribution < 1.29 is 19.0 Å². The molecule has 5 heteroatoms. The van der Waals surface area contributed by atoms with Gasteiger partial charge in [-0.2, -0.15) is 0 Å². The zero-order valence-corrected chi connectivity index (χ0v) is 9.24. The SMILES string of the molecule is CC(C)CCOc1nccc(C(=O)O)c1F. The maximum atomic E-state index is 13.5. The number of ether oxygens (including phenoxy) is 1. The van der Waals surface area contributed by atoms with Crippen LogP contribution in [0.2, 0.25) is 0 Å². The highest BCUT2D eigenvalue weighted by Gasteiger charge is 2.15. The Hall–Kier alpha value is -1.65. The lowest BCUT2D eigenvalue weighted by molar-refractivity contribution is 0.0690. The van der Waals surface area contributed by atoms with E-state index in [0.29, 0.717) is 12.5 Å². The smallest absolute Gasteiger partial charge is 0.338 e. The molecule has 0 unspecified atom stereocenters. The quantitative estimate of drug-likeness (QED) is 0.838. The van der Waals surface area contributed by atoms with Crippen molar-refractivity contribution in [3.8, 4) is 5.88 Å². The summed E-state index contributed by atoms with van der Waals surface area (Å²) >= 11 is 0. The van der Waals surface area contributed by atoms with E-state index in [-0.39, 0.29) is 5.88 Å². The number of nitrogens with zero attached hydrogens (tertiary/aromatic N) is 1. The number of hydrogen-bond acceptors (Lipinski definition) is 3. The lowest BCUT2D eigenvalue weighted by Gasteiger charge is -2.08. The summed E-state index contributed by atoms with van der Waals surface area (Å²) < 4.78 is 18.6. The Bertz CT molecular complexity index is 379. The summed E-state index contributed by atoms with van der Waals surface area (Å²) in [5.74, 6) is -2.06. The fraction of sp³-hybridized carbons (Fsp3) is 0.455. The molecule has 0 aromatic carbocycles. The summed E-state index contributed by atoms with van der Waals surface area (Å²) in [6.45, 7) is 4.35. The summed E-state index contributed by atoms with van der Waals surface area (Å²) in [6.07, 6.45) is 1.98. The molecule has 0 radical (unpaired) electrons. The summed E-state index contributed by atoms with van der Waals surface area (Å²) in [4.78, 5) is 14.3. The number of carboxylic acids is 1. The van der Waals surface area contributed by atoms with Gasteiger partial charge in [0.25, 0.3) is 5.88 Å². The van der Waals surface area contributed by atoms with Crippen molar-refractivity contribution in [2.24, 2.45) is 5.92 Å². The van der Waals surface area contributed by atoms with Crippen molar-refractivity contribution >= 4 is 5.97 Å². The van der Waals surface area contributed by atoms with Gasteiger partial charge in [0.1, 0.15) is 5.56 Å². The molecule has 0 fully saturated rings. The molecule has 0 aliphatic heterocycles. The molecule has 0 aliphatic carbocycles. The van der Waals surface area contributed by atoms with Crippen LogP contribution < -0.4 is 4.74 Å². The summed E-state index contributed by atoms with van der Waals surface area (Å²) in [5.41, 5.74) is -0.422. The largest absolute Gasteiger partial charge is 0.478 e. The fourth-order valence-electron chi connectivity index (χ4n) is 1.08. The number of halogens is 1. The second-order valence-corrected chi connectivity index (χ2v) is 3.81. The van der Waals surface area contributed by atoms with E-state index >= 15 is 0 Å². The first-order valence-corrected chi connectivity index (χ1v) is 5.03. The molecule has 4 nitrogen and oxygen atoms in total. The highest BCUT2D eigenvalue weighted by Crippen LogP contribution is 2.17. The van der Waals surface area contributed by atoms with Gasteiger partial charge in [0, 0.05) is 6.20 Å². The van der Waals surface area contributed by atoms with Crippen LogP contribution >= 0.6 is 0 Å². The Morgan fingerprint density at radius 1 is 1.62 bits per heavy atom. The predicted octanol–water partition coefficient (Wildman–Crippen LogP) is 2.34. The molecule has 0 spiro atoms. The first kappa shape index (κ1) is 12.4. The zero-order chi connectivity index (χ0) is 12.1. The van der Waals surface area contributed by atoms with Crippen LogP contribution in [0, 0.1) is 11.7 Å². The maximum absolute atomic E-state index is 13.5. The van der Waals surface area contributed by atoms with E-state index in [4.69, 9.17) is 9.84 Å². The highest BCUT2D eigenvalue weighted by molar-refractivity contribution is 5.88. The van der Waals surface area contributed by atoms with Crippen LogP contribution in [0.3, 0.4) is 0 Å². The van der Waals surface area contributed by atoms with Crippen LogP contribution in [0.25, 0.3) is 0 Å². The van der Waals surface area contributed by atoms with Gasteiger partial charge in [-0.1, -0.05) is 13.8 Å². The number of pyridine rings is 1. The van der Waals surface area contributed by atoms with Gasteiger partial charge in [0.15, 0.2) is 5.82 Å². The molecule has 0 atom stereocenters. The van der Waals surface area contributed by atoms with Crippen molar-refractivity contribution in [3.05, 3.63) is 23.6 Å². The van der Waals surface area contributed by atoms with E-state index in [1.54, 1.807) is 0 Å². The van der Waals surface area contributed by atoms with E-state index in [0.717, 1.165) is 12.5 Å². The minimum atomic E-state index is -1.33. The molecule has 0 aliphatic rings. The molecule has 88 valence electrons. The van der Waals surface area contributed by atoms with Gasteiger partial charge in [0.05, 0.1) is 6.61 Å². The Morgan fingerprint density at radius 3 is 2.88 bits per heavy atom. The predicted molar refractivity (Wildman–Crippen MR) is 56.1 cm³/mol. The Morgan fingerprint density at radius 2 is 2.31 bits per heavy atom. The normalized spacial score (nSPS) is 10.5. The first-order chi connectivity index (χ1) is 7.52. The second kappa shape index (κ2) is 5.44. The number of aromatic carboxylic acids is 1. The Labute approximate surface area is 93.1 Å². The number of aromatic nitrogens is 1. The lowest BCUT2D eigenvalue weighted by atomic mass is 10.1. The van der Waals surface area contributed by atoms with Gasteiger partial charge in [-0.15, -0.1) is 0 Å². The van der Waals surface area contributed by atoms with Crippen LogP contribution in [0.5, 0.6) is 5.88 Å². The van der Waals surface area contributed by atoms with Crippen LogP contribution in [-0.2, 0) is 0 Å². The van der Waals surface area contributed by atoms with Gasteiger partial charge in [0.2, 0.25) is 0 Å². The molecule has 1 rings (SSSR count). The Kier molecular flexibility index (Phi) is 4.22. The van der Waals surface area contributed by atoms with E-state index in [9.17, 15) is 9.18 Å². The van der Waals surface area contributed by atoms with Crippen LogP contribution in [-0.4, -0.2) is 22.7 Å². The van der Waals surface area contributed by atoms with Crippen LogP contribution in [0.15, 0.2) is 12.3 Å². The molecule has 1 aromatic rings. The molecule has 0 amide bonds. The van der Waals surface area contributed by atoms with Crippen LogP contribution in [0.4, 0.5) is 4.39 Å². The van der Waals surface area contributed by atoms with Crippen molar-refractivity contribution in [1.29, 1.82) is 0 Å². The first-order valence-electron chi connectivity index (χ1n) is 5.03. The number of carbonyl (C=O) groups is 1.